The first-order chi connectivity index (χ1) is 21.2. The van der Waals surface area contributed by atoms with E-state index in [0.717, 1.165) is 81.1 Å². The van der Waals surface area contributed by atoms with Crippen LogP contribution in [0.4, 0.5) is 0 Å². The van der Waals surface area contributed by atoms with E-state index < -0.39 is 0 Å². The maximum atomic E-state index is 12.0. The third kappa shape index (κ3) is 5.52. The molecule has 6 aromatic rings. The van der Waals surface area contributed by atoms with E-state index in [9.17, 15) is 10.2 Å². The Labute approximate surface area is 258 Å². The van der Waals surface area contributed by atoms with Crippen LogP contribution in [0.1, 0.15) is 84.7 Å². The first-order valence-corrected chi connectivity index (χ1v) is 15.6. The number of rotatable bonds is 10. The molecule has 0 unspecified atom stereocenters. The van der Waals surface area contributed by atoms with Crippen molar-refractivity contribution in [3.8, 4) is 22.9 Å². The number of hydrogen-bond acceptors (Lipinski definition) is 6. The molecule has 0 aliphatic carbocycles. The number of aromatic hydroxyl groups is 2. The maximum Gasteiger partial charge on any atom is 0.145 e. The number of benzene rings is 4. The van der Waals surface area contributed by atoms with Crippen molar-refractivity contribution in [1.82, 2.24) is 30.0 Å². The molecular formula is C36H40N6O2. The quantitative estimate of drug-likeness (QED) is 0.156. The summed E-state index contributed by atoms with van der Waals surface area (Å²) in [4.78, 5) is 0. The van der Waals surface area contributed by atoms with Crippen molar-refractivity contribution in [2.75, 3.05) is 0 Å². The molecule has 8 heteroatoms. The smallest absolute Gasteiger partial charge is 0.145 e. The van der Waals surface area contributed by atoms with Gasteiger partial charge in [-0.25, -0.2) is 9.36 Å². The van der Waals surface area contributed by atoms with Gasteiger partial charge in [-0.3, -0.25) is 0 Å². The van der Waals surface area contributed by atoms with Crippen LogP contribution in [0.25, 0.3) is 33.4 Å². The molecular weight excluding hydrogens is 548 g/mol. The summed E-state index contributed by atoms with van der Waals surface area (Å²) in [5.74, 6) is 0.0272. The minimum atomic E-state index is -0.261. The molecule has 4 aromatic carbocycles. The molecule has 6 rings (SSSR count). The first kappa shape index (κ1) is 29.4. The van der Waals surface area contributed by atoms with Crippen molar-refractivity contribution >= 4 is 22.1 Å². The molecule has 0 spiro atoms. The van der Waals surface area contributed by atoms with Crippen LogP contribution >= 0.6 is 0 Å². The third-order valence-electron chi connectivity index (χ3n) is 8.53. The molecule has 0 aliphatic rings. The Morgan fingerprint density at radius 1 is 0.591 bits per heavy atom. The zero-order chi connectivity index (χ0) is 31.0. The summed E-state index contributed by atoms with van der Waals surface area (Å²) in [5, 5.41) is 41.5. The normalized spacial score (nSPS) is 11.8. The standard InChI is InChI=1S/C36H40N6O2/c1-6-7-8-9-10-11-26(27-16-24(4)20-33(35(27)43)41-31-14-12-22(2)18-29(31)37-39-41)28-17-25(5)21-34(36(28)44)42-32-15-13-23(3)19-30(32)38-40-42/h12-21,26,43-44H,6-11H2,1-5H3. The Bertz CT molecular complexity index is 1840. The summed E-state index contributed by atoms with van der Waals surface area (Å²) < 4.78 is 3.42. The molecule has 2 aromatic heterocycles. The van der Waals surface area contributed by atoms with Crippen LogP contribution in [0.15, 0.2) is 60.7 Å². The lowest BCUT2D eigenvalue weighted by Crippen LogP contribution is -2.08. The average molecular weight is 589 g/mol. The first-order valence-electron chi connectivity index (χ1n) is 15.6. The van der Waals surface area contributed by atoms with Gasteiger partial charge < -0.3 is 10.2 Å². The van der Waals surface area contributed by atoms with Gasteiger partial charge in [-0.15, -0.1) is 10.2 Å². The lowest BCUT2D eigenvalue weighted by Gasteiger charge is -2.24. The van der Waals surface area contributed by atoms with Crippen LogP contribution in [0.2, 0.25) is 0 Å². The van der Waals surface area contributed by atoms with E-state index >= 15 is 0 Å². The van der Waals surface area contributed by atoms with E-state index in [-0.39, 0.29) is 17.4 Å². The van der Waals surface area contributed by atoms with Crippen molar-refractivity contribution in [3.63, 3.8) is 0 Å². The zero-order valence-electron chi connectivity index (χ0n) is 26.2. The highest BCUT2D eigenvalue weighted by molar-refractivity contribution is 5.79. The molecule has 2 N–H and O–H groups in total. The fourth-order valence-corrected chi connectivity index (χ4v) is 6.28. The second-order valence-electron chi connectivity index (χ2n) is 12.2. The van der Waals surface area contributed by atoms with Crippen molar-refractivity contribution in [2.24, 2.45) is 0 Å². The molecule has 0 fully saturated rings. The van der Waals surface area contributed by atoms with Crippen LogP contribution in [0.5, 0.6) is 11.5 Å². The van der Waals surface area contributed by atoms with E-state index in [1.807, 2.05) is 88.4 Å². The van der Waals surface area contributed by atoms with Crippen LogP contribution in [-0.4, -0.2) is 40.2 Å². The summed E-state index contributed by atoms with van der Waals surface area (Å²) in [7, 11) is 0. The second-order valence-corrected chi connectivity index (χ2v) is 12.2. The lowest BCUT2D eigenvalue weighted by molar-refractivity contribution is 0.443. The minimum Gasteiger partial charge on any atom is -0.505 e. The summed E-state index contributed by atoms with van der Waals surface area (Å²) in [5.41, 5.74) is 10.1. The summed E-state index contributed by atoms with van der Waals surface area (Å²) >= 11 is 0. The fourth-order valence-electron chi connectivity index (χ4n) is 6.28. The van der Waals surface area contributed by atoms with Gasteiger partial charge >= 0.3 is 0 Å². The van der Waals surface area contributed by atoms with Crippen LogP contribution in [0, 0.1) is 27.7 Å². The number of aryl methyl sites for hydroxylation is 4. The van der Waals surface area contributed by atoms with Gasteiger partial charge in [-0.2, -0.15) is 0 Å². The summed E-state index contributed by atoms with van der Waals surface area (Å²) in [6.45, 7) is 10.3. The number of unbranched alkanes of at least 4 members (excludes halogenated alkanes) is 4. The molecule has 8 nitrogen and oxygen atoms in total. The average Bonchev–Trinajstić information content (AvgIpc) is 3.61. The predicted octanol–water partition coefficient (Wildman–Crippen LogP) is 8.29. The van der Waals surface area contributed by atoms with Crippen molar-refractivity contribution in [2.45, 2.75) is 79.1 Å². The van der Waals surface area contributed by atoms with Gasteiger partial charge in [0, 0.05) is 17.0 Å². The van der Waals surface area contributed by atoms with Crippen LogP contribution in [0.3, 0.4) is 0 Å². The van der Waals surface area contributed by atoms with E-state index in [0.29, 0.717) is 11.4 Å². The van der Waals surface area contributed by atoms with Gasteiger partial charge in [0.1, 0.15) is 33.9 Å². The van der Waals surface area contributed by atoms with Gasteiger partial charge in [0.05, 0.1) is 11.0 Å². The third-order valence-corrected chi connectivity index (χ3v) is 8.53. The molecule has 0 amide bonds. The molecule has 0 saturated carbocycles. The predicted molar refractivity (Wildman–Crippen MR) is 175 cm³/mol. The number of nitrogens with zero attached hydrogens (tertiary/aromatic N) is 6. The monoisotopic (exact) mass is 588 g/mol. The second kappa shape index (κ2) is 12.1. The Kier molecular flexibility index (Phi) is 8.08. The molecule has 0 aliphatic heterocycles. The van der Waals surface area contributed by atoms with E-state index in [1.54, 1.807) is 9.36 Å². The summed E-state index contributed by atoms with van der Waals surface area (Å²) in [6.07, 6.45) is 6.35. The molecule has 226 valence electrons. The van der Waals surface area contributed by atoms with Gasteiger partial charge in [-0.1, -0.05) is 73.7 Å². The highest BCUT2D eigenvalue weighted by Crippen LogP contribution is 2.44. The van der Waals surface area contributed by atoms with E-state index in [1.165, 1.54) is 12.8 Å². The van der Waals surface area contributed by atoms with E-state index in [2.05, 4.69) is 27.5 Å². The van der Waals surface area contributed by atoms with Crippen LogP contribution < -0.4 is 0 Å². The van der Waals surface area contributed by atoms with Gasteiger partial charge in [0.25, 0.3) is 0 Å². The Morgan fingerprint density at radius 2 is 1.07 bits per heavy atom. The highest BCUT2D eigenvalue weighted by atomic mass is 16.3. The molecule has 0 radical (unpaired) electrons. The number of hydrogen-bond donors (Lipinski definition) is 2. The Balaban J connectivity index is 1.50. The van der Waals surface area contributed by atoms with Crippen LogP contribution in [-0.2, 0) is 0 Å². The van der Waals surface area contributed by atoms with Crippen molar-refractivity contribution in [3.05, 3.63) is 94.0 Å². The Hall–Kier alpha value is -4.72. The summed E-state index contributed by atoms with van der Waals surface area (Å²) in [6, 6.07) is 20.0. The SMILES string of the molecule is CCCCCCCC(c1cc(C)cc(-n2nnc3cc(C)ccc32)c1O)c1cc(C)cc(-n2nnc3cc(C)ccc32)c1O. The zero-order valence-corrected chi connectivity index (χ0v) is 26.2. The molecule has 0 bridgehead atoms. The number of aromatic nitrogens is 6. The fraction of sp³-hybridized carbons (Fsp3) is 0.333. The number of fused-ring (bicyclic) bond motifs is 2. The van der Waals surface area contributed by atoms with Gasteiger partial charge in [0.15, 0.2) is 0 Å². The lowest BCUT2D eigenvalue weighted by atomic mass is 9.83. The molecule has 2 heterocycles. The Morgan fingerprint density at radius 3 is 1.55 bits per heavy atom. The van der Waals surface area contributed by atoms with Crippen molar-refractivity contribution < 1.29 is 10.2 Å². The highest BCUT2D eigenvalue weighted by Gasteiger charge is 2.27. The molecule has 0 atom stereocenters. The molecule has 44 heavy (non-hydrogen) atoms. The number of phenols is 2. The number of phenolic OH excluding ortho intramolecular Hbond substituents is 2. The molecule has 0 saturated heterocycles. The topological polar surface area (TPSA) is 102 Å². The van der Waals surface area contributed by atoms with E-state index in [4.69, 9.17) is 0 Å². The maximum absolute atomic E-state index is 12.0. The minimum absolute atomic E-state index is 0.144. The van der Waals surface area contributed by atoms with Gasteiger partial charge in [-0.05, 0) is 92.8 Å². The van der Waals surface area contributed by atoms with Gasteiger partial charge in [0.2, 0.25) is 0 Å². The van der Waals surface area contributed by atoms with Crippen molar-refractivity contribution in [1.29, 1.82) is 0 Å². The largest absolute Gasteiger partial charge is 0.505 e.